The zero-order valence-electron chi connectivity index (χ0n) is 13.1. The lowest BCUT2D eigenvalue weighted by molar-refractivity contribution is -0.125. The number of carbonyl (C=O) groups excluding carboxylic acids is 1. The van der Waals surface area contributed by atoms with Gasteiger partial charge in [0.2, 0.25) is 5.91 Å². The molecule has 3 rings (SSSR count). The van der Waals surface area contributed by atoms with E-state index in [-0.39, 0.29) is 5.91 Å². The van der Waals surface area contributed by atoms with Crippen LogP contribution in [0.3, 0.4) is 0 Å². The van der Waals surface area contributed by atoms with E-state index in [0.29, 0.717) is 5.69 Å². The van der Waals surface area contributed by atoms with Crippen molar-refractivity contribution in [3.63, 3.8) is 0 Å². The minimum atomic E-state index is -0.949. The average molecular weight is 316 g/mol. The largest absolute Gasteiger partial charge is 0.391 e. The fourth-order valence-corrected chi connectivity index (χ4v) is 2.40. The molecule has 0 aliphatic heterocycles. The van der Waals surface area contributed by atoms with Crippen molar-refractivity contribution in [2.45, 2.75) is 37.5 Å². The topological polar surface area (TPSA) is 119 Å². The lowest BCUT2D eigenvalue weighted by Gasteiger charge is -2.21. The van der Waals surface area contributed by atoms with Gasteiger partial charge in [0.1, 0.15) is 6.04 Å². The first-order valence-electron chi connectivity index (χ1n) is 7.50. The van der Waals surface area contributed by atoms with Crippen LogP contribution in [0, 0.1) is 0 Å². The quantitative estimate of drug-likeness (QED) is 0.696. The number of nitrogens with zero attached hydrogens (tertiary/aromatic N) is 4. The lowest BCUT2D eigenvalue weighted by atomic mass is 10.1. The third kappa shape index (κ3) is 3.08. The van der Waals surface area contributed by atoms with E-state index in [1.54, 1.807) is 10.9 Å². The van der Waals surface area contributed by atoms with Gasteiger partial charge in [0.15, 0.2) is 0 Å². The molecule has 1 amide bonds. The number of carbonyl (C=O) groups is 1. The van der Waals surface area contributed by atoms with Gasteiger partial charge >= 0.3 is 0 Å². The summed E-state index contributed by atoms with van der Waals surface area (Å²) >= 11 is 0. The SMILES string of the molecule is C[C@@H](O)[C@H](N)C(=O)NC1(c2ccc(-c3cnn(C)c3)nn2)CC1. The van der Waals surface area contributed by atoms with Crippen LogP contribution < -0.4 is 11.1 Å². The van der Waals surface area contributed by atoms with Gasteiger partial charge in [-0.25, -0.2) is 0 Å². The molecule has 1 aliphatic carbocycles. The summed E-state index contributed by atoms with van der Waals surface area (Å²) in [7, 11) is 1.84. The molecule has 8 heteroatoms. The maximum absolute atomic E-state index is 12.0. The van der Waals surface area contributed by atoms with Gasteiger partial charge in [-0.3, -0.25) is 9.48 Å². The predicted octanol–water partition coefficient (Wildman–Crippen LogP) is -0.309. The second-order valence-electron chi connectivity index (χ2n) is 6.04. The number of hydrogen-bond acceptors (Lipinski definition) is 6. The summed E-state index contributed by atoms with van der Waals surface area (Å²) < 4.78 is 1.70. The van der Waals surface area contributed by atoms with Crippen molar-refractivity contribution in [3.8, 4) is 11.3 Å². The number of aryl methyl sites for hydroxylation is 1. The molecule has 0 bridgehead atoms. The maximum Gasteiger partial charge on any atom is 0.240 e. The lowest BCUT2D eigenvalue weighted by Crippen LogP contribution is -2.50. The Hall–Kier alpha value is -2.32. The van der Waals surface area contributed by atoms with Crippen molar-refractivity contribution < 1.29 is 9.90 Å². The molecule has 23 heavy (non-hydrogen) atoms. The number of amides is 1. The van der Waals surface area contributed by atoms with Crippen molar-refractivity contribution in [3.05, 3.63) is 30.2 Å². The van der Waals surface area contributed by atoms with Crippen molar-refractivity contribution in [1.82, 2.24) is 25.3 Å². The highest BCUT2D eigenvalue weighted by molar-refractivity contribution is 5.83. The van der Waals surface area contributed by atoms with E-state index in [9.17, 15) is 9.90 Å². The Labute approximate surface area is 133 Å². The highest BCUT2D eigenvalue weighted by Crippen LogP contribution is 2.44. The monoisotopic (exact) mass is 316 g/mol. The molecule has 8 nitrogen and oxygen atoms in total. The van der Waals surface area contributed by atoms with Gasteiger partial charge in [0.05, 0.1) is 29.2 Å². The van der Waals surface area contributed by atoms with Crippen LogP contribution in [-0.2, 0) is 17.4 Å². The van der Waals surface area contributed by atoms with Gasteiger partial charge < -0.3 is 16.2 Å². The molecular formula is C15H20N6O2. The summed E-state index contributed by atoms with van der Waals surface area (Å²) in [5.74, 6) is -0.379. The minimum Gasteiger partial charge on any atom is -0.391 e. The Morgan fingerprint density at radius 1 is 1.43 bits per heavy atom. The minimum absolute atomic E-state index is 0.379. The number of nitrogens with two attached hydrogens (primary N) is 1. The van der Waals surface area contributed by atoms with Crippen LogP contribution in [0.1, 0.15) is 25.5 Å². The molecule has 0 radical (unpaired) electrons. The number of hydrogen-bond donors (Lipinski definition) is 3. The molecule has 2 aromatic rings. The summed E-state index contributed by atoms with van der Waals surface area (Å²) in [6.45, 7) is 1.49. The third-order valence-electron chi connectivity index (χ3n) is 4.09. The summed E-state index contributed by atoms with van der Waals surface area (Å²) in [5.41, 5.74) is 7.48. The Morgan fingerprint density at radius 3 is 2.65 bits per heavy atom. The molecule has 1 saturated carbocycles. The van der Waals surface area contributed by atoms with Crippen LogP contribution in [0.15, 0.2) is 24.5 Å². The average Bonchev–Trinajstić information content (AvgIpc) is 3.18. The van der Waals surface area contributed by atoms with E-state index >= 15 is 0 Å². The zero-order valence-corrected chi connectivity index (χ0v) is 13.1. The standard InChI is InChI=1S/C15H20N6O2/c1-9(22)13(16)14(23)18-15(5-6-15)12-4-3-11(19-20-12)10-7-17-21(2)8-10/h3-4,7-9,13,22H,5-6,16H2,1-2H3,(H,18,23)/t9-,13+/m1/s1. The van der Waals surface area contributed by atoms with Crippen LogP contribution in [-0.4, -0.2) is 43.1 Å². The Balaban J connectivity index is 1.75. The number of aliphatic hydroxyl groups is 1. The van der Waals surface area contributed by atoms with E-state index in [2.05, 4.69) is 20.6 Å². The van der Waals surface area contributed by atoms with Crippen LogP contribution in [0.25, 0.3) is 11.3 Å². The smallest absolute Gasteiger partial charge is 0.240 e. The molecule has 0 aromatic carbocycles. The van der Waals surface area contributed by atoms with Crippen LogP contribution in [0.4, 0.5) is 0 Å². The summed E-state index contributed by atoms with van der Waals surface area (Å²) in [6, 6.07) is 2.77. The molecule has 2 aromatic heterocycles. The zero-order chi connectivity index (χ0) is 16.6. The second kappa shape index (κ2) is 5.71. The van der Waals surface area contributed by atoms with Crippen LogP contribution in [0.5, 0.6) is 0 Å². The summed E-state index contributed by atoms with van der Waals surface area (Å²) in [5, 5.41) is 24.9. The van der Waals surface area contributed by atoms with Crippen molar-refractivity contribution in [2.24, 2.45) is 12.8 Å². The second-order valence-corrected chi connectivity index (χ2v) is 6.04. The normalized spacial score (nSPS) is 18.3. The van der Waals surface area contributed by atoms with Gasteiger partial charge in [-0.05, 0) is 31.9 Å². The van der Waals surface area contributed by atoms with E-state index < -0.39 is 17.7 Å². The fraction of sp³-hybridized carbons (Fsp3) is 0.467. The van der Waals surface area contributed by atoms with Crippen LogP contribution >= 0.6 is 0 Å². The highest BCUT2D eigenvalue weighted by Gasteiger charge is 2.48. The number of nitrogens with one attached hydrogen (secondary N) is 1. The molecule has 0 saturated heterocycles. The number of rotatable bonds is 5. The van der Waals surface area contributed by atoms with E-state index in [1.807, 2.05) is 25.4 Å². The molecule has 1 fully saturated rings. The van der Waals surface area contributed by atoms with Gasteiger partial charge in [-0.2, -0.15) is 15.3 Å². The first-order chi connectivity index (χ1) is 10.9. The summed E-state index contributed by atoms with van der Waals surface area (Å²) in [6.07, 6.45) is 4.25. The summed E-state index contributed by atoms with van der Waals surface area (Å²) in [4.78, 5) is 12.0. The first kappa shape index (κ1) is 15.6. The van der Waals surface area contributed by atoms with E-state index in [0.717, 1.165) is 24.1 Å². The van der Waals surface area contributed by atoms with Gasteiger partial charge in [-0.1, -0.05) is 0 Å². The van der Waals surface area contributed by atoms with Gasteiger partial charge in [0.25, 0.3) is 0 Å². The van der Waals surface area contributed by atoms with E-state index in [4.69, 9.17) is 5.73 Å². The molecule has 2 heterocycles. The predicted molar refractivity (Wildman–Crippen MR) is 82.9 cm³/mol. The van der Waals surface area contributed by atoms with Crippen molar-refractivity contribution >= 4 is 5.91 Å². The van der Waals surface area contributed by atoms with Crippen molar-refractivity contribution in [2.75, 3.05) is 0 Å². The molecule has 0 unspecified atom stereocenters. The Bertz CT molecular complexity index is 705. The highest BCUT2D eigenvalue weighted by atomic mass is 16.3. The number of aromatic nitrogens is 4. The Morgan fingerprint density at radius 2 is 2.17 bits per heavy atom. The van der Waals surface area contributed by atoms with Crippen LogP contribution in [0.2, 0.25) is 0 Å². The molecule has 4 N–H and O–H groups in total. The maximum atomic E-state index is 12.0. The molecule has 0 spiro atoms. The van der Waals surface area contributed by atoms with Gasteiger partial charge in [-0.15, -0.1) is 0 Å². The third-order valence-corrected chi connectivity index (χ3v) is 4.09. The molecule has 1 aliphatic rings. The molecule has 122 valence electrons. The van der Waals surface area contributed by atoms with Gasteiger partial charge in [0, 0.05) is 18.8 Å². The Kier molecular flexibility index (Phi) is 3.87. The molecular weight excluding hydrogens is 296 g/mol. The molecule has 2 atom stereocenters. The number of aliphatic hydroxyl groups excluding tert-OH is 1. The van der Waals surface area contributed by atoms with E-state index in [1.165, 1.54) is 6.92 Å². The fourth-order valence-electron chi connectivity index (χ4n) is 2.40. The van der Waals surface area contributed by atoms with Crippen molar-refractivity contribution in [1.29, 1.82) is 0 Å². The first-order valence-corrected chi connectivity index (χ1v) is 7.50.